The van der Waals surface area contributed by atoms with Crippen LogP contribution in [-0.4, -0.2) is 12.0 Å². The van der Waals surface area contributed by atoms with E-state index in [1.807, 2.05) is 25.2 Å². The number of aromatic nitrogens is 1. The van der Waals surface area contributed by atoms with Gasteiger partial charge in [-0.3, -0.25) is 4.98 Å². The molecule has 0 aliphatic rings. The SMILES string of the molecule is CNc1ccnc(-c2cccc(F)c2)c1. The second-order valence-corrected chi connectivity index (χ2v) is 3.19. The van der Waals surface area contributed by atoms with E-state index in [0.29, 0.717) is 0 Å². The van der Waals surface area contributed by atoms with Gasteiger partial charge in [-0.05, 0) is 24.3 Å². The largest absolute Gasteiger partial charge is 0.388 e. The smallest absolute Gasteiger partial charge is 0.123 e. The monoisotopic (exact) mass is 202 g/mol. The zero-order valence-corrected chi connectivity index (χ0v) is 8.37. The lowest BCUT2D eigenvalue weighted by molar-refractivity contribution is 0.628. The predicted octanol–water partition coefficient (Wildman–Crippen LogP) is 2.93. The molecule has 2 nitrogen and oxygen atoms in total. The lowest BCUT2D eigenvalue weighted by atomic mass is 10.1. The van der Waals surface area contributed by atoms with Crippen molar-refractivity contribution in [1.82, 2.24) is 4.98 Å². The van der Waals surface area contributed by atoms with Crippen LogP contribution in [0.2, 0.25) is 0 Å². The summed E-state index contributed by atoms with van der Waals surface area (Å²) in [5.41, 5.74) is 2.51. The molecule has 1 heterocycles. The van der Waals surface area contributed by atoms with Crippen LogP contribution in [0.3, 0.4) is 0 Å². The first-order chi connectivity index (χ1) is 7.29. The van der Waals surface area contributed by atoms with Gasteiger partial charge in [0.1, 0.15) is 5.82 Å². The molecular weight excluding hydrogens is 191 g/mol. The van der Waals surface area contributed by atoms with Gasteiger partial charge in [-0.2, -0.15) is 0 Å². The minimum absolute atomic E-state index is 0.246. The highest BCUT2D eigenvalue weighted by molar-refractivity contribution is 5.63. The first-order valence-electron chi connectivity index (χ1n) is 4.69. The van der Waals surface area contributed by atoms with Crippen molar-refractivity contribution in [3.63, 3.8) is 0 Å². The quantitative estimate of drug-likeness (QED) is 0.809. The summed E-state index contributed by atoms with van der Waals surface area (Å²) in [5, 5.41) is 3.02. The summed E-state index contributed by atoms with van der Waals surface area (Å²) in [5.74, 6) is -0.246. The van der Waals surface area contributed by atoms with E-state index in [1.165, 1.54) is 12.1 Å². The predicted molar refractivity (Wildman–Crippen MR) is 59.2 cm³/mol. The molecule has 15 heavy (non-hydrogen) atoms. The Labute approximate surface area is 87.8 Å². The Morgan fingerprint density at radius 2 is 2.07 bits per heavy atom. The third-order valence-electron chi connectivity index (χ3n) is 2.17. The Morgan fingerprint density at radius 3 is 2.80 bits per heavy atom. The summed E-state index contributed by atoms with van der Waals surface area (Å²) in [6.45, 7) is 0. The number of anilines is 1. The number of nitrogens with zero attached hydrogens (tertiary/aromatic N) is 1. The zero-order valence-electron chi connectivity index (χ0n) is 8.37. The van der Waals surface area contributed by atoms with Crippen LogP contribution in [0.4, 0.5) is 10.1 Å². The van der Waals surface area contributed by atoms with Crippen LogP contribution in [0.25, 0.3) is 11.3 Å². The number of halogens is 1. The molecule has 3 heteroatoms. The Morgan fingerprint density at radius 1 is 1.20 bits per heavy atom. The molecule has 0 aliphatic heterocycles. The first kappa shape index (κ1) is 9.65. The third-order valence-corrected chi connectivity index (χ3v) is 2.17. The Balaban J connectivity index is 2.44. The number of hydrogen-bond donors (Lipinski definition) is 1. The van der Waals surface area contributed by atoms with Gasteiger partial charge in [0.2, 0.25) is 0 Å². The molecule has 0 radical (unpaired) electrons. The van der Waals surface area contributed by atoms with Gasteiger partial charge in [-0.25, -0.2) is 4.39 Å². The molecule has 1 aromatic heterocycles. The van der Waals surface area contributed by atoms with Gasteiger partial charge in [0.05, 0.1) is 5.69 Å². The molecule has 0 saturated heterocycles. The lowest BCUT2D eigenvalue weighted by Gasteiger charge is -2.03. The molecule has 2 rings (SSSR count). The summed E-state index contributed by atoms with van der Waals surface area (Å²) >= 11 is 0. The van der Waals surface area contributed by atoms with Gasteiger partial charge in [0, 0.05) is 24.5 Å². The minimum Gasteiger partial charge on any atom is -0.388 e. The molecule has 0 unspecified atom stereocenters. The van der Waals surface area contributed by atoms with Crippen molar-refractivity contribution in [1.29, 1.82) is 0 Å². The van der Waals surface area contributed by atoms with Gasteiger partial charge in [-0.1, -0.05) is 12.1 Å². The average Bonchev–Trinajstić information content (AvgIpc) is 2.29. The standard InChI is InChI=1S/C12H11FN2/c1-14-11-5-6-15-12(8-11)9-3-2-4-10(13)7-9/h2-8H,1H3,(H,14,15). The van der Waals surface area contributed by atoms with Crippen molar-refractivity contribution in [2.24, 2.45) is 0 Å². The van der Waals surface area contributed by atoms with Crippen molar-refractivity contribution >= 4 is 5.69 Å². The Kier molecular flexibility index (Phi) is 2.63. The van der Waals surface area contributed by atoms with E-state index >= 15 is 0 Å². The van der Waals surface area contributed by atoms with Crippen LogP contribution in [0.5, 0.6) is 0 Å². The summed E-state index contributed by atoms with van der Waals surface area (Å²) in [6, 6.07) is 10.2. The van der Waals surface area contributed by atoms with Gasteiger partial charge in [-0.15, -0.1) is 0 Å². The second-order valence-electron chi connectivity index (χ2n) is 3.19. The summed E-state index contributed by atoms with van der Waals surface area (Å²) in [4.78, 5) is 4.19. The molecule has 0 atom stereocenters. The highest BCUT2D eigenvalue weighted by Crippen LogP contribution is 2.20. The number of hydrogen-bond acceptors (Lipinski definition) is 2. The highest BCUT2D eigenvalue weighted by atomic mass is 19.1. The van der Waals surface area contributed by atoms with Crippen molar-refractivity contribution < 1.29 is 4.39 Å². The fraction of sp³-hybridized carbons (Fsp3) is 0.0833. The molecular formula is C12H11FN2. The molecule has 0 amide bonds. The molecule has 0 saturated carbocycles. The van der Waals surface area contributed by atoms with E-state index in [9.17, 15) is 4.39 Å². The van der Waals surface area contributed by atoms with E-state index in [0.717, 1.165) is 16.9 Å². The summed E-state index contributed by atoms with van der Waals surface area (Å²) < 4.78 is 13.0. The van der Waals surface area contributed by atoms with E-state index in [-0.39, 0.29) is 5.82 Å². The number of pyridine rings is 1. The highest BCUT2D eigenvalue weighted by Gasteiger charge is 2.00. The van der Waals surface area contributed by atoms with Crippen LogP contribution in [0.15, 0.2) is 42.6 Å². The van der Waals surface area contributed by atoms with Crippen molar-refractivity contribution in [2.75, 3.05) is 12.4 Å². The second kappa shape index (κ2) is 4.09. The number of rotatable bonds is 2. The van der Waals surface area contributed by atoms with Gasteiger partial charge in [0.25, 0.3) is 0 Å². The van der Waals surface area contributed by atoms with Gasteiger partial charge >= 0.3 is 0 Å². The van der Waals surface area contributed by atoms with E-state index in [1.54, 1.807) is 12.3 Å². The topological polar surface area (TPSA) is 24.9 Å². The van der Waals surface area contributed by atoms with Crippen LogP contribution >= 0.6 is 0 Å². The zero-order chi connectivity index (χ0) is 10.7. The van der Waals surface area contributed by atoms with Crippen LogP contribution in [0, 0.1) is 5.82 Å². The molecule has 0 spiro atoms. The van der Waals surface area contributed by atoms with E-state index in [2.05, 4.69) is 10.3 Å². The average molecular weight is 202 g/mol. The maximum atomic E-state index is 13.0. The minimum atomic E-state index is -0.246. The molecule has 2 aromatic rings. The maximum absolute atomic E-state index is 13.0. The molecule has 0 aliphatic carbocycles. The Hall–Kier alpha value is -1.90. The number of nitrogens with one attached hydrogen (secondary N) is 1. The number of benzene rings is 1. The summed E-state index contributed by atoms with van der Waals surface area (Å²) in [6.07, 6.45) is 1.70. The molecule has 76 valence electrons. The summed E-state index contributed by atoms with van der Waals surface area (Å²) in [7, 11) is 1.84. The van der Waals surface area contributed by atoms with Gasteiger partial charge < -0.3 is 5.32 Å². The van der Waals surface area contributed by atoms with Gasteiger partial charge in [0.15, 0.2) is 0 Å². The van der Waals surface area contributed by atoms with Crippen molar-refractivity contribution in [3.05, 3.63) is 48.4 Å². The van der Waals surface area contributed by atoms with Crippen molar-refractivity contribution in [2.45, 2.75) is 0 Å². The van der Waals surface area contributed by atoms with E-state index in [4.69, 9.17) is 0 Å². The van der Waals surface area contributed by atoms with Crippen LogP contribution in [-0.2, 0) is 0 Å². The fourth-order valence-corrected chi connectivity index (χ4v) is 1.39. The lowest BCUT2D eigenvalue weighted by Crippen LogP contribution is -1.90. The first-order valence-corrected chi connectivity index (χ1v) is 4.69. The fourth-order valence-electron chi connectivity index (χ4n) is 1.39. The maximum Gasteiger partial charge on any atom is 0.123 e. The molecule has 0 fully saturated rings. The third kappa shape index (κ3) is 2.13. The van der Waals surface area contributed by atoms with Crippen molar-refractivity contribution in [3.8, 4) is 11.3 Å². The van der Waals surface area contributed by atoms with Crippen LogP contribution < -0.4 is 5.32 Å². The van der Waals surface area contributed by atoms with Crippen LogP contribution in [0.1, 0.15) is 0 Å². The normalized spacial score (nSPS) is 10.0. The molecule has 1 N–H and O–H groups in total. The molecule has 0 bridgehead atoms. The molecule has 1 aromatic carbocycles. The Bertz CT molecular complexity index is 469. The van der Waals surface area contributed by atoms with E-state index < -0.39 is 0 Å².